The number of esters is 1. The summed E-state index contributed by atoms with van der Waals surface area (Å²) < 4.78 is 39.7. The van der Waals surface area contributed by atoms with Gasteiger partial charge in [-0.15, -0.1) is 18.4 Å². The highest BCUT2D eigenvalue weighted by Gasteiger charge is 2.45. The van der Waals surface area contributed by atoms with Crippen LogP contribution in [0.2, 0.25) is 19.6 Å². The average molecular weight is 1970 g/mol. The van der Waals surface area contributed by atoms with Gasteiger partial charge in [0.15, 0.2) is 11.6 Å². The molecule has 16 heteroatoms. The van der Waals surface area contributed by atoms with Gasteiger partial charge in [-0.3, -0.25) is 9.59 Å². The molecule has 0 saturated carbocycles. The van der Waals surface area contributed by atoms with Gasteiger partial charge in [0.1, 0.15) is 64.8 Å². The van der Waals surface area contributed by atoms with E-state index in [0.29, 0.717) is 29.6 Å². The van der Waals surface area contributed by atoms with Crippen molar-refractivity contribution in [2.24, 2.45) is 0 Å². The van der Waals surface area contributed by atoms with Crippen LogP contribution in [-0.4, -0.2) is 71.3 Å². The molecule has 0 aromatic heterocycles. The third kappa shape index (κ3) is 30.1. The van der Waals surface area contributed by atoms with E-state index in [4.69, 9.17) is 46.4 Å². The third-order valence-electron chi connectivity index (χ3n) is 21.0. The number of benzene rings is 7. The zero-order valence-electron chi connectivity index (χ0n) is 76.9. The molecule has 0 unspecified atom stereocenters. The van der Waals surface area contributed by atoms with Crippen molar-refractivity contribution in [3.05, 3.63) is 222 Å². The smallest absolute Gasteiger partial charge is 0.330 e. The molecule has 652 valence electrons. The number of carbonyl (C=O) groups excluding carboxylic acids is 3. The second-order valence-corrected chi connectivity index (χ2v) is 48.7. The van der Waals surface area contributed by atoms with Gasteiger partial charge in [0.25, 0.3) is 0 Å². The van der Waals surface area contributed by atoms with Crippen molar-refractivity contribution < 1.29 is 52.7 Å². The second-order valence-electron chi connectivity index (χ2n) is 39.9. The third-order valence-corrected chi connectivity index (χ3v) is 23.9. The second kappa shape index (κ2) is 41.0. The molecular formula is C105H134Br3IO11Si. The number of ketones is 2. The Balaban J connectivity index is 0.000000259. The molecule has 0 saturated heterocycles. The number of carboxylic acid groups (broad SMARTS) is 1. The minimum atomic E-state index is -1.10. The van der Waals surface area contributed by atoms with Gasteiger partial charge >= 0.3 is 11.9 Å². The summed E-state index contributed by atoms with van der Waals surface area (Å²) in [7, 11) is -1.10. The summed E-state index contributed by atoms with van der Waals surface area (Å²) in [6.45, 7) is 64.2. The van der Waals surface area contributed by atoms with Crippen molar-refractivity contribution in [1.29, 1.82) is 0 Å². The lowest BCUT2D eigenvalue weighted by molar-refractivity contribution is -0.137. The van der Waals surface area contributed by atoms with Crippen LogP contribution in [0.15, 0.2) is 141 Å². The molecule has 0 aliphatic carbocycles. The standard InChI is InChI=1S/C27H30O3.C18H24O.2C15H19BrO2.C13H17BrO.C11H11IO2.C5H10Si.CH4/c1-18(2)22-15-21(16-23-25(22)30-27(5,6)17-26(23,3)4)11-10-19-8-7-9-20(14-19)12-13-24(28)29;1-8-13-9-14(12(2)3)16-15(10-13)17(4,5)11-18(6,7)19-16;2*1-9(17)11-6-10(16)7-12-13(11)18-15(4,5)8-14(12,2)3;1-12(2)8-13(3,4)15-11-6-5-9(14)7-10(11)12;1-2-14-11(13)7-6-9-4-3-5-10(12)8-9;1-5-6(2,3)4;/h7-9,12-16,18H,17H2,1-6H3,(H,28,29);1,9-10,12H,11H2,2-7H3;2*6-7H,8H2,1-5H3;5-7H,8H2,1-4H3;3-8H,2H2,1H3;1H,2-4H3;1H4/b13-12+;;;;;7-6-;;. The molecule has 0 amide bonds. The van der Waals surface area contributed by atoms with Gasteiger partial charge < -0.3 is 33.5 Å². The van der Waals surface area contributed by atoms with Gasteiger partial charge in [-0.05, 0) is 309 Å². The van der Waals surface area contributed by atoms with E-state index in [-0.39, 0.29) is 80.0 Å². The number of ether oxygens (including phenoxy) is 6. The van der Waals surface area contributed by atoms with E-state index >= 15 is 0 Å². The number of Topliss-reactive ketones (excluding diaryl/α,β-unsaturated/α-hetero) is 2. The Hall–Kier alpha value is -7.63. The highest BCUT2D eigenvalue weighted by atomic mass is 127. The maximum Gasteiger partial charge on any atom is 0.330 e. The quantitative estimate of drug-likeness (QED) is 0.0368. The van der Waals surface area contributed by atoms with Gasteiger partial charge in [-0.2, -0.15) is 0 Å². The van der Waals surface area contributed by atoms with E-state index in [9.17, 15) is 19.2 Å². The molecule has 12 rings (SSSR count). The maximum absolute atomic E-state index is 11.8. The minimum absolute atomic E-state index is 0. The lowest BCUT2D eigenvalue weighted by atomic mass is 9.72. The fraction of sp³-hybridized carbons (Fsp3) is 0.467. The van der Waals surface area contributed by atoms with E-state index in [0.717, 1.165) is 123 Å². The maximum atomic E-state index is 11.8. The Labute approximate surface area is 767 Å². The van der Waals surface area contributed by atoms with Crippen molar-refractivity contribution in [2.45, 2.75) is 313 Å². The van der Waals surface area contributed by atoms with Crippen LogP contribution in [-0.2, 0) is 41.4 Å². The lowest BCUT2D eigenvalue weighted by Gasteiger charge is -2.43. The Kier molecular flexibility index (Phi) is 35.2. The monoisotopic (exact) mass is 1960 g/mol. The zero-order valence-corrected chi connectivity index (χ0v) is 84.8. The molecule has 5 heterocycles. The molecule has 0 radical (unpaired) electrons. The predicted molar refractivity (Wildman–Crippen MR) is 526 cm³/mol. The van der Waals surface area contributed by atoms with Gasteiger partial charge in [-0.1, -0.05) is 214 Å². The summed E-state index contributed by atoms with van der Waals surface area (Å²) in [6.07, 6.45) is 21.5. The van der Waals surface area contributed by atoms with Crippen LogP contribution < -0.4 is 23.7 Å². The summed E-state index contributed by atoms with van der Waals surface area (Å²) in [5.74, 6) is 13.5. The van der Waals surface area contributed by atoms with Crippen molar-refractivity contribution in [2.75, 3.05) is 6.61 Å². The first-order valence-corrected chi connectivity index (χ1v) is 48.3. The molecule has 0 fully saturated rings. The summed E-state index contributed by atoms with van der Waals surface area (Å²) in [5, 5.41) is 8.81. The number of carbonyl (C=O) groups is 4. The average Bonchev–Trinajstić information content (AvgIpc) is 0.745. The Bertz CT molecular complexity index is 5050. The molecule has 7 aromatic rings. The molecule has 121 heavy (non-hydrogen) atoms. The first kappa shape index (κ1) is 104. The van der Waals surface area contributed by atoms with Crippen LogP contribution in [0.5, 0.6) is 28.7 Å². The van der Waals surface area contributed by atoms with Crippen LogP contribution in [0, 0.1) is 39.7 Å². The molecule has 1 N–H and O–H groups in total. The first-order valence-electron chi connectivity index (χ1n) is 41.4. The number of hydrogen-bond acceptors (Lipinski definition) is 10. The number of terminal acetylenes is 2. The highest BCUT2D eigenvalue weighted by molar-refractivity contribution is 14.1. The van der Waals surface area contributed by atoms with Gasteiger partial charge in [0.2, 0.25) is 0 Å². The number of carboxylic acids is 1. The number of aliphatic carboxylic acids is 1. The number of rotatable bonds is 9. The van der Waals surface area contributed by atoms with Crippen LogP contribution in [0.1, 0.15) is 326 Å². The number of hydrogen-bond donors (Lipinski definition) is 1. The molecule has 5 aliphatic heterocycles. The molecule has 0 bridgehead atoms. The highest BCUT2D eigenvalue weighted by Crippen LogP contribution is 2.53. The Morgan fingerprint density at radius 2 is 0.826 bits per heavy atom. The van der Waals surface area contributed by atoms with Crippen LogP contribution in [0.25, 0.3) is 12.2 Å². The fourth-order valence-corrected chi connectivity index (χ4v) is 18.8. The molecular weight excluding hydrogens is 1830 g/mol. The largest absolute Gasteiger partial charge is 0.488 e. The Morgan fingerprint density at radius 3 is 1.21 bits per heavy atom. The topological polar surface area (TPSA) is 144 Å². The molecule has 11 nitrogen and oxygen atoms in total. The predicted octanol–water partition coefficient (Wildman–Crippen LogP) is 29.0. The summed E-state index contributed by atoms with van der Waals surface area (Å²) in [4.78, 5) is 45.3. The Morgan fingerprint density at radius 1 is 0.471 bits per heavy atom. The summed E-state index contributed by atoms with van der Waals surface area (Å²) >= 11 is 12.7. The van der Waals surface area contributed by atoms with Crippen molar-refractivity contribution in [3.8, 4) is 64.9 Å². The van der Waals surface area contributed by atoms with E-state index in [1.165, 1.54) is 33.9 Å². The number of fused-ring (bicyclic) bond motifs is 5. The SMILES string of the molecule is C.C#C[Si](C)(C)C.C#Cc1cc(C(C)C)c2c(c1)C(C)(C)CC(C)(C)O2.CC(=O)c1cc(Br)cc2c1OC(C)(C)CC2(C)C.CC(=O)c1cc(Br)cc2c1OC(C)(C)CC2(C)C.CC(C)c1cc(C#Cc2cccc(/C=C/C(=O)O)c2)cc2c1OC(C)(C)CC2(C)C.CC1(C)CC(C)(C)c2cc(Br)ccc2O1.CCOC(=O)/C=C\c1cccc(I)c1. The van der Waals surface area contributed by atoms with Crippen molar-refractivity contribution in [1.82, 2.24) is 0 Å². The normalized spacial score (nSPS) is 17.5. The van der Waals surface area contributed by atoms with Crippen LogP contribution in [0.4, 0.5) is 0 Å². The molecule has 0 atom stereocenters. The van der Waals surface area contributed by atoms with Crippen molar-refractivity contribution >= 4 is 114 Å². The van der Waals surface area contributed by atoms with Crippen LogP contribution in [0.3, 0.4) is 0 Å². The molecule has 0 spiro atoms. The van der Waals surface area contributed by atoms with Gasteiger partial charge in [-0.25, -0.2) is 9.59 Å². The van der Waals surface area contributed by atoms with Crippen molar-refractivity contribution in [3.63, 3.8) is 0 Å². The van der Waals surface area contributed by atoms with Gasteiger partial charge in [0.05, 0.1) is 17.7 Å². The fourth-order valence-electron chi connectivity index (χ4n) is 17.0. The summed E-state index contributed by atoms with van der Waals surface area (Å²) in [5.41, 5.74) is 16.5. The zero-order chi connectivity index (χ0) is 90.8. The van der Waals surface area contributed by atoms with E-state index in [1.807, 2.05) is 66.7 Å². The first-order chi connectivity index (χ1) is 55.0. The van der Waals surface area contributed by atoms with E-state index in [2.05, 4.69) is 328 Å². The van der Waals surface area contributed by atoms with Crippen LogP contribution >= 0.6 is 70.4 Å². The summed E-state index contributed by atoms with van der Waals surface area (Å²) in [6, 6.07) is 38.1. The number of halogens is 4. The van der Waals surface area contributed by atoms with Gasteiger partial charge in [0, 0.05) is 73.6 Å². The molecule has 5 aliphatic rings. The lowest BCUT2D eigenvalue weighted by Crippen LogP contribution is -2.42. The van der Waals surface area contributed by atoms with E-state index < -0.39 is 14.0 Å². The van der Waals surface area contributed by atoms with E-state index in [1.54, 1.807) is 32.9 Å². The minimum Gasteiger partial charge on any atom is -0.488 e. The molecule has 7 aromatic carbocycles.